The lowest BCUT2D eigenvalue weighted by Gasteiger charge is -2.36. The predicted octanol–water partition coefficient (Wildman–Crippen LogP) is 0.213. The van der Waals surface area contributed by atoms with Gasteiger partial charge in [-0.1, -0.05) is 6.92 Å². The molecule has 5 heteroatoms. The van der Waals surface area contributed by atoms with E-state index in [0.717, 1.165) is 52.0 Å². The monoisotopic (exact) mass is 269 g/mol. The van der Waals surface area contributed by atoms with Crippen molar-refractivity contribution in [2.24, 2.45) is 5.41 Å². The first-order chi connectivity index (χ1) is 9.16. The van der Waals surface area contributed by atoms with Gasteiger partial charge in [-0.15, -0.1) is 0 Å². The molecule has 1 amide bonds. The van der Waals surface area contributed by atoms with Crippen LogP contribution in [0.1, 0.15) is 26.2 Å². The van der Waals surface area contributed by atoms with Gasteiger partial charge in [0.25, 0.3) is 0 Å². The Bertz CT molecular complexity index is 303. The van der Waals surface area contributed by atoms with E-state index < -0.39 is 0 Å². The van der Waals surface area contributed by atoms with Gasteiger partial charge in [0.1, 0.15) is 0 Å². The van der Waals surface area contributed by atoms with Crippen molar-refractivity contribution in [1.82, 2.24) is 15.5 Å². The number of likely N-dealkylation sites (N-methyl/N-ethyl adjacent to an activating group) is 1. The highest BCUT2D eigenvalue weighted by Gasteiger charge is 2.37. The summed E-state index contributed by atoms with van der Waals surface area (Å²) < 4.78 is 5.68. The van der Waals surface area contributed by atoms with Crippen LogP contribution in [0.3, 0.4) is 0 Å². The lowest BCUT2D eigenvalue weighted by Crippen LogP contribution is -2.53. The van der Waals surface area contributed by atoms with Crippen LogP contribution in [-0.2, 0) is 9.53 Å². The summed E-state index contributed by atoms with van der Waals surface area (Å²) in [6.07, 6.45) is 3.11. The second-order valence-electron chi connectivity index (χ2n) is 5.88. The first-order valence-corrected chi connectivity index (χ1v) is 7.45. The zero-order chi connectivity index (χ0) is 13.7. The molecule has 2 fully saturated rings. The number of morpholine rings is 1. The van der Waals surface area contributed by atoms with Crippen LogP contribution < -0.4 is 10.6 Å². The number of rotatable bonds is 4. The predicted molar refractivity (Wildman–Crippen MR) is 75.1 cm³/mol. The van der Waals surface area contributed by atoms with E-state index in [4.69, 9.17) is 4.74 Å². The molecule has 2 heterocycles. The highest BCUT2D eigenvalue weighted by Crippen LogP contribution is 2.30. The standard InChI is InChI=1S/C14H27N3O2/c1-3-14(5-4-6-15-11-14)13(18)16-9-12-10-17(2)7-8-19-12/h12,15H,3-11H2,1-2H3,(H,16,18). The van der Waals surface area contributed by atoms with E-state index in [1.807, 2.05) is 0 Å². The fourth-order valence-corrected chi connectivity index (χ4v) is 3.01. The van der Waals surface area contributed by atoms with E-state index in [0.29, 0.717) is 6.54 Å². The van der Waals surface area contributed by atoms with Crippen LogP contribution >= 0.6 is 0 Å². The molecule has 19 heavy (non-hydrogen) atoms. The largest absolute Gasteiger partial charge is 0.374 e. The van der Waals surface area contributed by atoms with Crippen LogP contribution in [0, 0.1) is 5.41 Å². The van der Waals surface area contributed by atoms with E-state index in [-0.39, 0.29) is 17.4 Å². The summed E-state index contributed by atoms with van der Waals surface area (Å²) >= 11 is 0. The van der Waals surface area contributed by atoms with Crippen LogP contribution in [0.5, 0.6) is 0 Å². The molecule has 0 aromatic heterocycles. The Morgan fingerprint density at radius 1 is 1.58 bits per heavy atom. The molecule has 2 rings (SSSR count). The molecule has 0 aromatic carbocycles. The number of carbonyl (C=O) groups excluding carboxylic acids is 1. The van der Waals surface area contributed by atoms with Crippen LogP contribution in [0.25, 0.3) is 0 Å². The van der Waals surface area contributed by atoms with E-state index in [1.165, 1.54) is 0 Å². The molecular formula is C14H27N3O2. The van der Waals surface area contributed by atoms with Gasteiger partial charge in [0, 0.05) is 26.2 Å². The molecule has 2 unspecified atom stereocenters. The molecule has 2 saturated heterocycles. The minimum absolute atomic E-state index is 0.133. The number of nitrogens with one attached hydrogen (secondary N) is 2. The Hall–Kier alpha value is -0.650. The Morgan fingerprint density at radius 3 is 3.05 bits per heavy atom. The van der Waals surface area contributed by atoms with E-state index in [9.17, 15) is 4.79 Å². The third-order valence-corrected chi connectivity index (χ3v) is 4.46. The number of hydrogen-bond donors (Lipinski definition) is 2. The first kappa shape index (κ1) is 14.8. The van der Waals surface area contributed by atoms with E-state index >= 15 is 0 Å². The molecule has 0 radical (unpaired) electrons. The Kier molecular flexibility index (Phi) is 5.19. The molecule has 0 bridgehead atoms. The SMILES string of the molecule is CCC1(C(=O)NCC2CN(C)CCO2)CCCNC1. The van der Waals surface area contributed by atoms with Crippen molar-refractivity contribution in [2.75, 3.05) is 46.4 Å². The lowest BCUT2D eigenvalue weighted by atomic mass is 9.77. The molecule has 0 saturated carbocycles. The molecule has 2 N–H and O–H groups in total. The number of nitrogens with zero attached hydrogens (tertiary/aromatic N) is 1. The van der Waals surface area contributed by atoms with Crippen molar-refractivity contribution >= 4 is 5.91 Å². The third kappa shape index (κ3) is 3.68. The third-order valence-electron chi connectivity index (χ3n) is 4.46. The minimum Gasteiger partial charge on any atom is -0.374 e. The Labute approximate surface area is 116 Å². The van der Waals surface area contributed by atoms with Gasteiger partial charge in [-0.05, 0) is 32.9 Å². The maximum atomic E-state index is 12.5. The molecule has 2 atom stereocenters. The maximum absolute atomic E-state index is 12.5. The topological polar surface area (TPSA) is 53.6 Å². The molecule has 0 aromatic rings. The summed E-state index contributed by atoms with van der Waals surface area (Å²) in [5.74, 6) is 0.194. The van der Waals surface area contributed by atoms with Gasteiger partial charge in [0.15, 0.2) is 0 Å². The molecule has 110 valence electrons. The van der Waals surface area contributed by atoms with Crippen LogP contribution in [0.2, 0.25) is 0 Å². The normalized spacial score (nSPS) is 33.1. The number of carbonyl (C=O) groups is 1. The average Bonchev–Trinajstić information content (AvgIpc) is 2.45. The summed E-state index contributed by atoms with van der Waals surface area (Å²) in [6, 6.07) is 0. The summed E-state index contributed by atoms with van der Waals surface area (Å²) in [7, 11) is 2.09. The molecular weight excluding hydrogens is 242 g/mol. The number of amides is 1. The van der Waals surface area contributed by atoms with Crippen molar-refractivity contribution in [1.29, 1.82) is 0 Å². The first-order valence-electron chi connectivity index (χ1n) is 7.45. The molecule has 0 aliphatic carbocycles. The Morgan fingerprint density at radius 2 is 2.42 bits per heavy atom. The molecule has 5 nitrogen and oxygen atoms in total. The second kappa shape index (κ2) is 6.68. The molecule has 2 aliphatic rings. The van der Waals surface area contributed by atoms with Gasteiger partial charge in [-0.2, -0.15) is 0 Å². The average molecular weight is 269 g/mol. The van der Waals surface area contributed by atoms with Crippen molar-refractivity contribution in [2.45, 2.75) is 32.3 Å². The summed E-state index contributed by atoms with van der Waals surface area (Å²) in [5.41, 5.74) is -0.210. The van der Waals surface area contributed by atoms with Crippen molar-refractivity contribution in [3.63, 3.8) is 0 Å². The quantitative estimate of drug-likeness (QED) is 0.766. The number of piperidine rings is 1. The van der Waals surface area contributed by atoms with Gasteiger partial charge in [-0.25, -0.2) is 0 Å². The minimum atomic E-state index is -0.210. The molecule has 2 aliphatic heterocycles. The highest BCUT2D eigenvalue weighted by atomic mass is 16.5. The fraction of sp³-hybridized carbons (Fsp3) is 0.929. The number of ether oxygens (including phenoxy) is 1. The maximum Gasteiger partial charge on any atom is 0.227 e. The van der Waals surface area contributed by atoms with Crippen molar-refractivity contribution in [3.05, 3.63) is 0 Å². The second-order valence-corrected chi connectivity index (χ2v) is 5.88. The molecule has 0 spiro atoms. The Balaban J connectivity index is 1.82. The fourth-order valence-electron chi connectivity index (χ4n) is 3.01. The summed E-state index contributed by atoms with van der Waals surface area (Å²) in [5, 5.41) is 6.46. The van der Waals surface area contributed by atoms with Crippen molar-refractivity contribution < 1.29 is 9.53 Å². The zero-order valence-electron chi connectivity index (χ0n) is 12.2. The smallest absolute Gasteiger partial charge is 0.227 e. The van der Waals surface area contributed by atoms with Crippen LogP contribution in [0.4, 0.5) is 0 Å². The highest BCUT2D eigenvalue weighted by molar-refractivity contribution is 5.83. The summed E-state index contributed by atoms with van der Waals surface area (Å²) in [4.78, 5) is 14.7. The zero-order valence-corrected chi connectivity index (χ0v) is 12.2. The van der Waals surface area contributed by atoms with Crippen molar-refractivity contribution in [3.8, 4) is 0 Å². The summed E-state index contributed by atoms with van der Waals surface area (Å²) in [6.45, 7) is 7.22. The van der Waals surface area contributed by atoms with Gasteiger partial charge in [0.2, 0.25) is 5.91 Å². The van der Waals surface area contributed by atoms with E-state index in [2.05, 4.69) is 29.5 Å². The van der Waals surface area contributed by atoms with E-state index in [1.54, 1.807) is 0 Å². The lowest BCUT2D eigenvalue weighted by molar-refractivity contribution is -0.133. The van der Waals surface area contributed by atoms with Gasteiger partial charge >= 0.3 is 0 Å². The van der Waals surface area contributed by atoms with Crippen LogP contribution in [0.15, 0.2) is 0 Å². The number of hydrogen-bond acceptors (Lipinski definition) is 4. The van der Waals surface area contributed by atoms with Crippen LogP contribution in [-0.4, -0.2) is 63.3 Å². The van der Waals surface area contributed by atoms with Gasteiger partial charge in [-0.3, -0.25) is 4.79 Å². The van der Waals surface area contributed by atoms with Gasteiger partial charge < -0.3 is 20.3 Å². The van der Waals surface area contributed by atoms with Gasteiger partial charge in [0.05, 0.1) is 18.1 Å².